The molecule has 0 amide bonds. The van der Waals surface area contributed by atoms with Crippen LogP contribution >= 0.6 is 0 Å². The molecule has 3 aromatic heterocycles. The first-order chi connectivity index (χ1) is 11.8. The Morgan fingerprint density at radius 3 is 2.88 bits per heavy atom. The van der Waals surface area contributed by atoms with Crippen molar-refractivity contribution in [1.29, 1.82) is 0 Å². The fraction of sp³-hybridized carbons (Fsp3) is 0.500. The molecule has 24 heavy (non-hydrogen) atoms. The molecule has 0 aliphatic carbocycles. The zero-order valence-corrected chi connectivity index (χ0v) is 13.9. The molecule has 1 saturated heterocycles. The first-order valence-corrected chi connectivity index (χ1v) is 8.36. The summed E-state index contributed by atoms with van der Waals surface area (Å²) in [7, 11) is 0. The summed E-state index contributed by atoms with van der Waals surface area (Å²) in [5.41, 5.74) is 1.64. The molecule has 0 saturated carbocycles. The van der Waals surface area contributed by atoms with Crippen molar-refractivity contribution in [2.24, 2.45) is 0 Å². The number of nitrogens with one attached hydrogen (secondary N) is 1. The van der Waals surface area contributed by atoms with E-state index in [4.69, 9.17) is 4.74 Å². The number of ether oxygens (including phenoxy) is 1. The van der Waals surface area contributed by atoms with E-state index in [0.717, 1.165) is 42.3 Å². The summed E-state index contributed by atoms with van der Waals surface area (Å²) >= 11 is 0. The highest BCUT2D eigenvalue weighted by Crippen LogP contribution is 2.31. The minimum atomic E-state index is -0.0850. The van der Waals surface area contributed by atoms with Crippen LogP contribution in [-0.4, -0.2) is 41.7 Å². The maximum atomic E-state index is 5.95. The van der Waals surface area contributed by atoms with E-state index in [-0.39, 0.29) is 12.1 Å². The second kappa shape index (κ2) is 6.20. The number of fused-ring (bicyclic) bond motifs is 1. The smallest absolute Gasteiger partial charge is 0.165 e. The van der Waals surface area contributed by atoms with Crippen LogP contribution in [-0.2, 0) is 17.8 Å². The Labute approximate surface area is 139 Å². The van der Waals surface area contributed by atoms with Gasteiger partial charge in [-0.1, -0.05) is 0 Å². The van der Waals surface area contributed by atoms with E-state index in [9.17, 15) is 0 Å². The van der Waals surface area contributed by atoms with E-state index >= 15 is 0 Å². The number of hydrogen-bond donors (Lipinski definition) is 1. The van der Waals surface area contributed by atoms with E-state index in [1.165, 1.54) is 0 Å². The molecule has 8 nitrogen and oxygen atoms in total. The van der Waals surface area contributed by atoms with Gasteiger partial charge in [-0.3, -0.25) is 0 Å². The SMILES string of the molecule is CCn1ccnc1[C@H]1OCC[C@@H]1Nc1ncnc2c1ncn2CC. The van der Waals surface area contributed by atoms with Crippen LogP contribution in [0.1, 0.15) is 32.2 Å². The third-order valence-corrected chi connectivity index (χ3v) is 4.50. The van der Waals surface area contributed by atoms with E-state index < -0.39 is 0 Å². The van der Waals surface area contributed by atoms with Gasteiger partial charge in [0.1, 0.15) is 23.8 Å². The van der Waals surface area contributed by atoms with Crippen LogP contribution in [0.15, 0.2) is 25.0 Å². The van der Waals surface area contributed by atoms with Gasteiger partial charge in [-0.25, -0.2) is 19.9 Å². The minimum absolute atomic E-state index is 0.0850. The average Bonchev–Trinajstić information content (AvgIpc) is 3.33. The van der Waals surface area contributed by atoms with Crippen LogP contribution in [0, 0.1) is 0 Å². The number of imidazole rings is 2. The molecule has 1 fully saturated rings. The molecule has 1 aliphatic rings. The van der Waals surface area contributed by atoms with Crippen molar-refractivity contribution < 1.29 is 4.74 Å². The second-order valence-electron chi connectivity index (χ2n) is 5.83. The van der Waals surface area contributed by atoms with Crippen LogP contribution in [0.3, 0.4) is 0 Å². The third kappa shape index (κ3) is 2.43. The molecule has 4 heterocycles. The summed E-state index contributed by atoms with van der Waals surface area (Å²) in [6.07, 6.45) is 8.01. The van der Waals surface area contributed by atoms with Gasteiger partial charge in [-0.15, -0.1) is 0 Å². The zero-order valence-electron chi connectivity index (χ0n) is 13.9. The van der Waals surface area contributed by atoms with E-state index in [1.54, 1.807) is 12.7 Å². The molecule has 4 rings (SSSR count). The van der Waals surface area contributed by atoms with Gasteiger partial charge in [0.25, 0.3) is 0 Å². The van der Waals surface area contributed by atoms with Crippen molar-refractivity contribution in [3.8, 4) is 0 Å². The minimum Gasteiger partial charge on any atom is -0.368 e. The van der Waals surface area contributed by atoms with Crippen LogP contribution in [0.5, 0.6) is 0 Å². The largest absolute Gasteiger partial charge is 0.368 e. The van der Waals surface area contributed by atoms with Crippen molar-refractivity contribution in [2.45, 2.75) is 45.5 Å². The Hall–Kier alpha value is -2.48. The number of rotatable bonds is 5. The molecule has 0 radical (unpaired) electrons. The van der Waals surface area contributed by atoms with Gasteiger partial charge in [0.05, 0.1) is 12.4 Å². The molecule has 2 atom stereocenters. The highest BCUT2D eigenvalue weighted by molar-refractivity contribution is 5.82. The molecule has 1 N–H and O–H groups in total. The summed E-state index contributed by atoms with van der Waals surface area (Å²) in [6.45, 7) is 6.59. The molecular weight excluding hydrogens is 306 g/mol. The molecule has 0 bridgehead atoms. The Balaban J connectivity index is 1.64. The fourth-order valence-corrected chi connectivity index (χ4v) is 3.23. The van der Waals surface area contributed by atoms with E-state index in [1.807, 2.05) is 17.0 Å². The van der Waals surface area contributed by atoms with E-state index in [2.05, 4.69) is 43.7 Å². The predicted molar refractivity (Wildman–Crippen MR) is 89.6 cm³/mol. The first kappa shape index (κ1) is 15.1. The summed E-state index contributed by atoms with van der Waals surface area (Å²) in [5.74, 6) is 1.71. The fourth-order valence-electron chi connectivity index (χ4n) is 3.23. The van der Waals surface area contributed by atoms with Crippen molar-refractivity contribution in [1.82, 2.24) is 29.1 Å². The molecule has 0 unspecified atom stereocenters. The lowest BCUT2D eigenvalue weighted by molar-refractivity contribution is 0.0976. The number of hydrogen-bond acceptors (Lipinski definition) is 6. The highest BCUT2D eigenvalue weighted by Gasteiger charge is 2.33. The Bertz CT molecular complexity index is 840. The summed E-state index contributed by atoms with van der Waals surface area (Å²) in [5, 5.41) is 3.51. The molecular formula is C16H21N7O. The maximum Gasteiger partial charge on any atom is 0.165 e. The first-order valence-electron chi connectivity index (χ1n) is 8.36. The van der Waals surface area contributed by atoms with Gasteiger partial charge in [0.15, 0.2) is 11.5 Å². The molecule has 126 valence electrons. The summed E-state index contributed by atoms with van der Waals surface area (Å²) < 4.78 is 10.1. The van der Waals surface area contributed by atoms with Crippen molar-refractivity contribution in [3.05, 3.63) is 30.9 Å². The number of aryl methyl sites for hydroxylation is 2. The quantitative estimate of drug-likeness (QED) is 0.772. The van der Waals surface area contributed by atoms with Crippen LogP contribution in [0.2, 0.25) is 0 Å². The van der Waals surface area contributed by atoms with Gasteiger partial charge in [-0.05, 0) is 20.3 Å². The average molecular weight is 327 g/mol. The van der Waals surface area contributed by atoms with Crippen LogP contribution in [0.25, 0.3) is 11.2 Å². The van der Waals surface area contributed by atoms with Gasteiger partial charge < -0.3 is 19.2 Å². The van der Waals surface area contributed by atoms with Crippen molar-refractivity contribution in [2.75, 3.05) is 11.9 Å². The predicted octanol–water partition coefficient (Wildman–Crippen LogP) is 2.00. The maximum absolute atomic E-state index is 5.95. The van der Waals surface area contributed by atoms with Crippen LogP contribution < -0.4 is 5.32 Å². The van der Waals surface area contributed by atoms with Gasteiger partial charge in [0.2, 0.25) is 0 Å². The lowest BCUT2D eigenvalue weighted by atomic mass is 10.1. The monoisotopic (exact) mass is 327 g/mol. The number of anilines is 1. The molecule has 0 aromatic carbocycles. The molecule has 3 aromatic rings. The third-order valence-electron chi connectivity index (χ3n) is 4.50. The van der Waals surface area contributed by atoms with Crippen LogP contribution in [0.4, 0.5) is 5.82 Å². The lowest BCUT2D eigenvalue weighted by Crippen LogP contribution is -2.26. The topological polar surface area (TPSA) is 82.7 Å². The molecule has 1 aliphatic heterocycles. The number of aromatic nitrogens is 6. The Morgan fingerprint density at radius 1 is 1.17 bits per heavy atom. The summed E-state index contributed by atoms with van der Waals surface area (Å²) in [4.78, 5) is 17.7. The molecule has 8 heteroatoms. The zero-order chi connectivity index (χ0) is 16.5. The van der Waals surface area contributed by atoms with Gasteiger partial charge in [0, 0.05) is 32.1 Å². The Morgan fingerprint density at radius 2 is 2.04 bits per heavy atom. The van der Waals surface area contributed by atoms with E-state index in [0.29, 0.717) is 6.61 Å². The standard InChI is InChI=1S/C16H21N7O/c1-3-22-7-6-17-16(22)13-11(5-8-24-13)21-14-12-15(19-9-18-14)23(4-2)10-20-12/h6-7,9-11,13H,3-5,8H2,1-2H3,(H,18,19,21)/t11-,13-/m0/s1. The van der Waals surface area contributed by atoms with Crippen molar-refractivity contribution in [3.63, 3.8) is 0 Å². The highest BCUT2D eigenvalue weighted by atomic mass is 16.5. The summed E-state index contributed by atoms with van der Waals surface area (Å²) in [6, 6.07) is 0.113. The number of nitrogens with zero attached hydrogens (tertiary/aromatic N) is 6. The lowest BCUT2D eigenvalue weighted by Gasteiger charge is -2.20. The van der Waals surface area contributed by atoms with Gasteiger partial charge >= 0.3 is 0 Å². The Kier molecular flexibility index (Phi) is 3.89. The van der Waals surface area contributed by atoms with Crippen molar-refractivity contribution >= 4 is 17.0 Å². The second-order valence-corrected chi connectivity index (χ2v) is 5.83. The van der Waals surface area contributed by atoms with Gasteiger partial charge in [-0.2, -0.15) is 0 Å². The normalized spacial score (nSPS) is 20.8. The molecule has 0 spiro atoms.